The summed E-state index contributed by atoms with van der Waals surface area (Å²) in [6.45, 7) is 1.64. The van der Waals surface area contributed by atoms with Crippen molar-refractivity contribution in [2.24, 2.45) is 0 Å². The van der Waals surface area contributed by atoms with Crippen LogP contribution < -0.4 is 4.35 Å². The average molecular weight is 369 g/mol. The van der Waals surface area contributed by atoms with E-state index in [0.717, 1.165) is 29.3 Å². The van der Waals surface area contributed by atoms with Gasteiger partial charge in [0.25, 0.3) is 0 Å². The Morgan fingerprint density at radius 3 is 2.52 bits per heavy atom. The maximum absolute atomic E-state index is 10.2. The van der Waals surface area contributed by atoms with E-state index in [4.69, 9.17) is 5.26 Å². The van der Waals surface area contributed by atoms with Crippen molar-refractivity contribution < 1.29 is 10.2 Å². The first-order valence-electron chi connectivity index (χ1n) is 7.63. The van der Waals surface area contributed by atoms with Crippen LogP contribution in [-0.4, -0.2) is 30.9 Å². The SMILES string of the molecule is Cc1nc(C2CC2)c(C[As]c2ccc(C#N)cc2)c(CO)c1O. The van der Waals surface area contributed by atoms with E-state index in [2.05, 4.69) is 11.1 Å². The van der Waals surface area contributed by atoms with E-state index in [1.807, 2.05) is 24.3 Å². The summed E-state index contributed by atoms with van der Waals surface area (Å²) in [7, 11) is 0. The molecule has 23 heavy (non-hydrogen) atoms. The first-order chi connectivity index (χ1) is 11.1. The van der Waals surface area contributed by atoms with Crippen LogP contribution in [0, 0.1) is 18.3 Å². The maximum atomic E-state index is 10.2. The molecule has 0 spiro atoms. The fourth-order valence-corrected chi connectivity index (χ4v) is 4.88. The van der Waals surface area contributed by atoms with Gasteiger partial charge >= 0.3 is 142 Å². The number of aromatic hydroxyl groups is 1. The van der Waals surface area contributed by atoms with Crippen molar-refractivity contribution in [3.05, 3.63) is 52.3 Å². The van der Waals surface area contributed by atoms with Crippen molar-refractivity contribution in [3.8, 4) is 11.8 Å². The Labute approximate surface area is 142 Å². The Balaban J connectivity index is 1.88. The molecule has 0 aliphatic heterocycles. The summed E-state index contributed by atoms with van der Waals surface area (Å²) in [6, 6.07) is 9.79. The van der Waals surface area contributed by atoms with Crippen molar-refractivity contribution in [3.63, 3.8) is 0 Å². The number of aliphatic hydroxyl groups is 1. The molecule has 5 heteroatoms. The van der Waals surface area contributed by atoms with Crippen LogP contribution in [0.4, 0.5) is 0 Å². The van der Waals surface area contributed by atoms with Gasteiger partial charge in [-0.1, -0.05) is 0 Å². The number of aromatic nitrogens is 1. The van der Waals surface area contributed by atoms with Gasteiger partial charge in [-0.2, -0.15) is 0 Å². The van der Waals surface area contributed by atoms with E-state index in [1.165, 1.54) is 4.35 Å². The molecule has 0 amide bonds. The zero-order chi connectivity index (χ0) is 16.4. The molecule has 1 heterocycles. The topological polar surface area (TPSA) is 77.1 Å². The first-order valence-corrected chi connectivity index (χ1v) is 9.90. The van der Waals surface area contributed by atoms with E-state index in [0.29, 0.717) is 22.7 Å². The molecule has 2 aromatic rings. The van der Waals surface area contributed by atoms with Crippen LogP contribution in [0.3, 0.4) is 0 Å². The van der Waals surface area contributed by atoms with E-state index >= 15 is 0 Å². The Morgan fingerprint density at radius 2 is 1.96 bits per heavy atom. The van der Waals surface area contributed by atoms with E-state index in [-0.39, 0.29) is 28.1 Å². The van der Waals surface area contributed by atoms with E-state index in [9.17, 15) is 10.2 Å². The molecule has 117 valence electrons. The molecule has 4 nitrogen and oxygen atoms in total. The molecule has 1 aromatic carbocycles. The Kier molecular flexibility index (Phi) is 4.71. The van der Waals surface area contributed by atoms with Gasteiger partial charge in [-0.25, -0.2) is 0 Å². The Bertz CT molecular complexity index is 762. The molecule has 0 saturated heterocycles. The summed E-state index contributed by atoms with van der Waals surface area (Å²) in [6.07, 6.45) is 2.28. The molecule has 1 aromatic heterocycles. The summed E-state index contributed by atoms with van der Waals surface area (Å²) in [4.78, 5) is 4.59. The number of nitriles is 1. The number of benzene rings is 1. The molecule has 0 atom stereocenters. The Morgan fingerprint density at radius 1 is 1.26 bits per heavy atom. The minimum atomic E-state index is -0.154. The summed E-state index contributed by atoms with van der Waals surface area (Å²) in [5, 5.41) is 29.6. The van der Waals surface area contributed by atoms with Gasteiger partial charge in [-0.05, 0) is 0 Å². The third-order valence-corrected chi connectivity index (χ3v) is 6.52. The molecular formula is C18H18AsN2O2. The van der Waals surface area contributed by atoms with Crippen LogP contribution in [0.25, 0.3) is 0 Å². The fourth-order valence-electron chi connectivity index (χ4n) is 2.67. The van der Waals surface area contributed by atoms with Crippen molar-refractivity contribution in [1.29, 1.82) is 5.26 Å². The number of pyridine rings is 1. The number of aryl methyl sites for hydroxylation is 1. The van der Waals surface area contributed by atoms with Crippen LogP contribution in [0.2, 0.25) is 0 Å². The van der Waals surface area contributed by atoms with Gasteiger partial charge in [-0.3, -0.25) is 0 Å². The molecule has 1 saturated carbocycles. The first kappa shape index (κ1) is 16.1. The van der Waals surface area contributed by atoms with Crippen LogP contribution in [0.5, 0.6) is 5.75 Å². The van der Waals surface area contributed by atoms with Gasteiger partial charge in [0.1, 0.15) is 0 Å². The van der Waals surface area contributed by atoms with Crippen LogP contribution in [0.15, 0.2) is 24.3 Å². The monoisotopic (exact) mass is 369 g/mol. The molecule has 1 radical (unpaired) electrons. The minimum absolute atomic E-state index is 0.132. The molecule has 1 fully saturated rings. The zero-order valence-electron chi connectivity index (χ0n) is 13.0. The number of hydrogen-bond acceptors (Lipinski definition) is 4. The predicted molar refractivity (Wildman–Crippen MR) is 88.8 cm³/mol. The van der Waals surface area contributed by atoms with Crippen LogP contribution in [-0.2, 0) is 11.8 Å². The summed E-state index contributed by atoms with van der Waals surface area (Å²) in [5.74, 6) is 0.615. The Hall–Kier alpha value is -1.82. The average Bonchev–Trinajstić information content (AvgIpc) is 3.41. The van der Waals surface area contributed by atoms with Gasteiger partial charge in [-0.15, -0.1) is 0 Å². The van der Waals surface area contributed by atoms with Crippen molar-refractivity contribution in [2.75, 3.05) is 0 Å². The fraction of sp³-hybridized carbons (Fsp3) is 0.333. The van der Waals surface area contributed by atoms with Gasteiger partial charge in [0.05, 0.1) is 0 Å². The summed E-state index contributed by atoms with van der Waals surface area (Å²) in [5.41, 5.74) is 4.01. The molecule has 0 unspecified atom stereocenters. The third kappa shape index (κ3) is 3.42. The van der Waals surface area contributed by atoms with Crippen molar-refractivity contribution in [2.45, 2.75) is 37.5 Å². The van der Waals surface area contributed by atoms with Gasteiger partial charge < -0.3 is 0 Å². The van der Waals surface area contributed by atoms with Crippen LogP contribution in [0.1, 0.15) is 46.8 Å². The normalized spacial score (nSPS) is 14.3. The molecule has 0 bridgehead atoms. The second-order valence-corrected chi connectivity index (χ2v) is 8.21. The number of aliphatic hydroxyl groups excluding tert-OH is 1. The molecule has 3 rings (SSSR count). The number of hydrogen-bond donors (Lipinski definition) is 2. The second-order valence-electron chi connectivity index (χ2n) is 5.80. The van der Waals surface area contributed by atoms with Gasteiger partial charge in [0.15, 0.2) is 0 Å². The zero-order valence-corrected chi connectivity index (χ0v) is 14.8. The van der Waals surface area contributed by atoms with Gasteiger partial charge in [0, 0.05) is 0 Å². The molecule has 1 aliphatic carbocycles. The summed E-state index contributed by atoms with van der Waals surface area (Å²) < 4.78 is 1.23. The van der Waals surface area contributed by atoms with Crippen molar-refractivity contribution >= 4 is 20.1 Å². The van der Waals surface area contributed by atoms with E-state index in [1.54, 1.807) is 6.92 Å². The molecular weight excluding hydrogens is 351 g/mol. The standard InChI is InChI=1S/C18H18AsN2O2/c1-11-18(23)16(10-22)15(17(21-11)13-4-5-13)8-19-14-6-2-12(9-20)3-7-14/h2-3,6-7,13,22-23H,4-5,8,10H2,1H3. The predicted octanol–water partition coefficient (Wildman–Crippen LogP) is 1.87. The number of nitrogens with zero attached hydrogens (tertiary/aromatic N) is 2. The molecule has 2 N–H and O–H groups in total. The van der Waals surface area contributed by atoms with Gasteiger partial charge in [0.2, 0.25) is 0 Å². The third-order valence-electron chi connectivity index (χ3n) is 4.13. The number of rotatable bonds is 5. The summed E-state index contributed by atoms with van der Waals surface area (Å²) >= 11 is -0.140. The second kappa shape index (κ2) is 6.74. The van der Waals surface area contributed by atoms with Crippen molar-refractivity contribution in [1.82, 2.24) is 4.98 Å². The van der Waals surface area contributed by atoms with Crippen LogP contribution >= 0.6 is 0 Å². The quantitative estimate of drug-likeness (QED) is 0.789. The van der Waals surface area contributed by atoms with E-state index < -0.39 is 0 Å². The molecule has 1 aliphatic rings.